The normalized spacial score (nSPS) is 28.0. The molecule has 164 valence electrons. The van der Waals surface area contributed by atoms with Gasteiger partial charge in [-0.3, -0.25) is 14.5 Å². The number of nitrogens with one attached hydrogen (secondary N) is 1. The summed E-state index contributed by atoms with van der Waals surface area (Å²) >= 11 is 0. The van der Waals surface area contributed by atoms with E-state index < -0.39 is 6.04 Å². The van der Waals surface area contributed by atoms with Crippen molar-refractivity contribution in [3.63, 3.8) is 0 Å². The number of likely N-dealkylation sites (N-methyl/N-ethyl adjacent to an activating group) is 1. The quantitative estimate of drug-likeness (QED) is 0.789. The van der Waals surface area contributed by atoms with Crippen molar-refractivity contribution >= 4 is 5.91 Å². The Balaban J connectivity index is 1.46. The van der Waals surface area contributed by atoms with Crippen molar-refractivity contribution in [2.75, 3.05) is 13.7 Å². The van der Waals surface area contributed by atoms with Crippen LogP contribution < -0.4 is 10.9 Å². The van der Waals surface area contributed by atoms with Crippen molar-refractivity contribution < 1.29 is 14.3 Å². The number of halogens is 1. The summed E-state index contributed by atoms with van der Waals surface area (Å²) in [6.45, 7) is 0.346. The molecule has 1 aromatic carbocycles. The summed E-state index contributed by atoms with van der Waals surface area (Å²) in [4.78, 5) is 28.3. The molecule has 3 aliphatic rings. The van der Waals surface area contributed by atoms with E-state index in [-0.39, 0.29) is 47.8 Å². The smallest absolute Gasteiger partial charge is 0.258 e. The monoisotopic (exact) mass is 425 g/mol. The molecule has 0 spiro atoms. The number of rotatable bonds is 4. The lowest BCUT2D eigenvalue weighted by Gasteiger charge is -2.28. The maximum Gasteiger partial charge on any atom is 0.258 e. The SMILES string of the molecule is CN1[C@H](C(=O)NC2CCCC2)[C@@H](CO)[C@@H]2Cn3c(ccc(-c4cccc(F)c4)c3=O)[C@@H]21. The lowest BCUT2D eigenvalue weighted by molar-refractivity contribution is -0.127. The third-order valence-electron chi connectivity index (χ3n) is 7.46. The van der Waals surface area contributed by atoms with Gasteiger partial charge in [-0.05, 0) is 49.7 Å². The fraction of sp³-hybridized carbons (Fsp3) is 0.500. The number of amides is 1. The molecule has 0 unspecified atom stereocenters. The van der Waals surface area contributed by atoms with Crippen LogP contribution in [-0.2, 0) is 11.3 Å². The molecule has 2 aliphatic heterocycles. The van der Waals surface area contributed by atoms with Crippen LogP contribution in [0.2, 0.25) is 0 Å². The Kier molecular flexibility index (Phi) is 5.18. The number of carbonyl (C=O) groups is 1. The predicted octanol–water partition coefficient (Wildman–Crippen LogP) is 2.31. The number of aromatic nitrogens is 1. The number of carbonyl (C=O) groups excluding carboxylic acids is 1. The van der Waals surface area contributed by atoms with Crippen LogP contribution in [0, 0.1) is 17.7 Å². The number of nitrogens with zero attached hydrogens (tertiary/aromatic N) is 2. The van der Waals surface area contributed by atoms with Gasteiger partial charge in [0.2, 0.25) is 5.91 Å². The van der Waals surface area contributed by atoms with Crippen molar-refractivity contribution in [2.24, 2.45) is 11.8 Å². The molecule has 4 atom stereocenters. The van der Waals surface area contributed by atoms with Gasteiger partial charge in [-0.25, -0.2) is 4.39 Å². The summed E-state index contributed by atoms with van der Waals surface area (Å²) in [5.41, 5.74) is 1.71. The molecular weight excluding hydrogens is 397 g/mol. The highest BCUT2D eigenvalue weighted by Gasteiger charge is 2.54. The zero-order valence-electron chi connectivity index (χ0n) is 17.6. The highest BCUT2D eigenvalue weighted by atomic mass is 19.1. The largest absolute Gasteiger partial charge is 0.396 e. The summed E-state index contributed by atoms with van der Waals surface area (Å²) in [7, 11) is 1.91. The first-order valence-electron chi connectivity index (χ1n) is 11.1. The van der Waals surface area contributed by atoms with Crippen LogP contribution in [0.4, 0.5) is 4.39 Å². The number of benzene rings is 1. The van der Waals surface area contributed by atoms with E-state index in [4.69, 9.17) is 0 Å². The lowest BCUT2D eigenvalue weighted by atomic mass is 9.88. The average Bonchev–Trinajstić information content (AvgIpc) is 3.45. The lowest BCUT2D eigenvalue weighted by Crippen LogP contribution is -2.49. The minimum absolute atomic E-state index is 0.0203. The van der Waals surface area contributed by atoms with Gasteiger partial charge in [0, 0.05) is 42.3 Å². The zero-order valence-corrected chi connectivity index (χ0v) is 17.6. The standard InChI is InChI=1S/C24H28FN3O3/c1-27-21-18(19(13-29)22(27)23(30)26-16-7-2-3-8-16)12-28-20(21)10-9-17(24(28)31)14-5-4-6-15(25)11-14/h4-6,9-11,16,18-19,21-22,29H,2-3,7-8,12-13H2,1H3,(H,26,30)/t18-,19-,21+,22-/m0/s1. The van der Waals surface area contributed by atoms with Gasteiger partial charge in [0.05, 0.1) is 12.1 Å². The topological polar surface area (TPSA) is 74.6 Å². The maximum atomic E-state index is 13.7. The molecule has 6 nitrogen and oxygen atoms in total. The van der Waals surface area contributed by atoms with E-state index in [1.807, 2.05) is 18.0 Å². The summed E-state index contributed by atoms with van der Waals surface area (Å²) in [5.74, 6) is -0.665. The third kappa shape index (κ3) is 3.31. The highest BCUT2D eigenvalue weighted by molar-refractivity contribution is 5.83. The molecule has 1 amide bonds. The highest BCUT2D eigenvalue weighted by Crippen LogP contribution is 2.48. The molecule has 1 aromatic heterocycles. The number of fused-ring (bicyclic) bond motifs is 3. The predicted molar refractivity (Wildman–Crippen MR) is 115 cm³/mol. The van der Waals surface area contributed by atoms with E-state index in [9.17, 15) is 19.1 Å². The van der Waals surface area contributed by atoms with Gasteiger partial charge >= 0.3 is 0 Å². The molecule has 1 aliphatic carbocycles. The van der Waals surface area contributed by atoms with E-state index in [0.717, 1.165) is 31.4 Å². The fourth-order valence-electron chi connectivity index (χ4n) is 6.01. The van der Waals surface area contributed by atoms with Crippen LogP contribution in [0.3, 0.4) is 0 Å². The van der Waals surface area contributed by atoms with Crippen LogP contribution in [0.25, 0.3) is 11.1 Å². The van der Waals surface area contributed by atoms with Crippen LogP contribution in [0.1, 0.15) is 37.4 Å². The number of hydrogen-bond acceptors (Lipinski definition) is 4. The molecule has 2 fully saturated rings. The number of pyridine rings is 1. The molecule has 2 N–H and O–H groups in total. The van der Waals surface area contributed by atoms with Gasteiger partial charge < -0.3 is 15.0 Å². The fourth-order valence-corrected chi connectivity index (χ4v) is 6.01. The molecule has 3 heterocycles. The summed E-state index contributed by atoms with van der Waals surface area (Å²) < 4.78 is 15.4. The van der Waals surface area contributed by atoms with Gasteiger partial charge in [0.25, 0.3) is 5.56 Å². The van der Waals surface area contributed by atoms with Crippen LogP contribution in [0.15, 0.2) is 41.2 Å². The van der Waals surface area contributed by atoms with Gasteiger partial charge in [0.15, 0.2) is 0 Å². The Morgan fingerprint density at radius 3 is 2.71 bits per heavy atom. The number of aliphatic hydroxyl groups excluding tert-OH is 1. The van der Waals surface area contributed by atoms with Crippen molar-refractivity contribution in [1.82, 2.24) is 14.8 Å². The van der Waals surface area contributed by atoms with Crippen LogP contribution in [0.5, 0.6) is 0 Å². The van der Waals surface area contributed by atoms with E-state index in [0.29, 0.717) is 17.7 Å². The Morgan fingerprint density at radius 1 is 1.23 bits per heavy atom. The number of aliphatic hydroxyl groups is 1. The molecule has 2 aromatic rings. The van der Waals surface area contributed by atoms with E-state index in [1.165, 1.54) is 12.1 Å². The van der Waals surface area contributed by atoms with Crippen molar-refractivity contribution in [2.45, 2.75) is 50.4 Å². The van der Waals surface area contributed by atoms with Crippen LogP contribution >= 0.6 is 0 Å². The van der Waals surface area contributed by atoms with Gasteiger partial charge in [-0.1, -0.05) is 25.0 Å². The second-order valence-electron chi connectivity index (χ2n) is 9.15. The van der Waals surface area contributed by atoms with E-state index >= 15 is 0 Å². The van der Waals surface area contributed by atoms with Crippen molar-refractivity contribution in [3.05, 3.63) is 58.3 Å². The second kappa shape index (κ2) is 7.88. The molecule has 7 heteroatoms. The number of hydrogen-bond donors (Lipinski definition) is 2. The summed E-state index contributed by atoms with van der Waals surface area (Å²) in [6.07, 6.45) is 4.31. The van der Waals surface area contributed by atoms with Crippen molar-refractivity contribution in [1.29, 1.82) is 0 Å². The minimum atomic E-state index is -0.410. The molecule has 1 saturated carbocycles. The molecular formula is C24H28FN3O3. The third-order valence-corrected chi connectivity index (χ3v) is 7.46. The van der Waals surface area contributed by atoms with Gasteiger partial charge in [-0.2, -0.15) is 0 Å². The Labute approximate surface area is 180 Å². The zero-order chi connectivity index (χ0) is 21.7. The average molecular weight is 426 g/mol. The molecule has 1 saturated heterocycles. The first-order valence-corrected chi connectivity index (χ1v) is 11.1. The Hall–Kier alpha value is -2.51. The Morgan fingerprint density at radius 2 is 2.00 bits per heavy atom. The van der Waals surface area contributed by atoms with E-state index in [1.54, 1.807) is 22.8 Å². The first-order chi connectivity index (χ1) is 15.0. The summed E-state index contributed by atoms with van der Waals surface area (Å²) in [6, 6.07) is 9.42. The van der Waals surface area contributed by atoms with Crippen LogP contribution in [-0.4, -0.2) is 46.2 Å². The van der Waals surface area contributed by atoms with Gasteiger partial charge in [-0.15, -0.1) is 0 Å². The molecule has 5 rings (SSSR count). The first kappa shape index (κ1) is 20.4. The molecule has 0 bridgehead atoms. The van der Waals surface area contributed by atoms with E-state index in [2.05, 4.69) is 5.32 Å². The summed E-state index contributed by atoms with van der Waals surface area (Å²) in [5, 5.41) is 13.4. The van der Waals surface area contributed by atoms with Gasteiger partial charge in [0.1, 0.15) is 5.82 Å². The maximum absolute atomic E-state index is 13.7. The van der Waals surface area contributed by atoms with Crippen molar-refractivity contribution in [3.8, 4) is 11.1 Å². The Bertz CT molecular complexity index is 1060. The second-order valence-corrected chi connectivity index (χ2v) is 9.15. The molecule has 31 heavy (non-hydrogen) atoms. The minimum Gasteiger partial charge on any atom is -0.396 e. The number of likely N-dealkylation sites (tertiary alicyclic amines) is 1. The molecule has 0 radical (unpaired) electrons.